The molecule has 21 heavy (non-hydrogen) atoms. The van der Waals surface area contributed by atoms with E-state index in [4.69, 9.17) is 14.8 Å². The summed E-state index contributed by atoms with van der Waals surface area (Å²) in [6.07, 6.45) is 2.37. The van der Waals surface area contributed by atoms with Crippen molar-refractivity contribution in [1.82, 2.24) is 0 Å². The number of carbonyl (C=O) groups excluding carboxylic acids is 1. The number of primary amides is 1. The number of allylic oxidation sites excluding steroid dienone is 1. The summed E-state index contributed by atoms with van der Waals surface area (Å²) in [5, 5.41) is 3.69. The first-order valence-electron chi connectivity index (χ1n) is 6.97. The molecule has 1 aliphatic rings. The molecule has 0 atom stereocenters. The lowest BCUT2D eigenvalue weighted by Gasteiger charge is -2.18. The molecule has 0 aliphatic heterocycles. The molecule has 0 aromatic rings. The van der Waals surface area contributed by atoms with E-state index in [1.807, 2.05) is 0 Å². The Morgan fingerprint density at radius 2 is 1.90 bits per heavy atom. The Kier molecular flexibility index (Phi) is 7.08. The van der Waals surface area contributed by atoms with Crippen molar-refractivity contribution < 1.29 is 23.2 Å². The molecule has 1 amide bonds. The third-order valence-corrected chi connectivity index (χ3v) is 5.14. The first-order valence-corrected chi connectivity index (χ1v) is 8.70. The minimum atomic E-state index is -3.20. The van der Waals surface area contributed by atoms with Gasteiger partial charge in [0.15, 0.2) is 5.71 Å². The van der Waals surface area contributed by atoms with Crippen LogP contribution < -0.4 is 5.73 Å². The Balaban J connectivity index is 3.07. The Morgan fingerprint density at radius 1 is 1.29 bits per heavy atom. The zero-order valence-electron chi connectivity index (χ0n) is 12.8. The van der Waals surface area contributed by atoms with Crippen molar-refractivity contribution in [2.24, 2.45) is 10.9 Å². The number of nitrogens with zero attached hydrogens (tertiary/aromatic N) is 1. The molecule has 0 heterocycles. The number of amides is 1. The van der Waals surface area contributed by atoms with Crippen molar-refractivity contribution in [3.8, 4) is 0 Å². The summed E-state index contributed by atoms with van der Waals surface area (Å²) in [6.45, 7) is 4.12. The summed E-state index contributed by atoms with van der Waals surface area (Å²) >= 11 is 0. The molecule has 0 fully saturated rings. The quantitative estimate of drug-likeness (QED) is 0.399. The van der Waals surface area contributed by atoms with Gasteiger partial charge in [0.25, 0.3) is 5.91 Å². The fourth-order valence-corrected chi connectivity index (χ4v) is 4.22. The maximum absolute atomic E-state index is 12.6. The van der Waals surface area contributed by atoms with E-state index in [0.717, 1.165) is 18.4 Å². The molecular weight excluding hydrogens is 295 g/mol. The van der Waals surface area contributed by atoms with Crippen LogP contribution in [-0.2, 0) is 23.2 Å². The van der Waals surface area contributed by atoms with Gasteiger partial charge in [-0.25, -0.2) is 0 Å². The van der Waals surface area contributed by atoms with Gasteiger partial charge in [-0.2, -0.15) is 0 Å². The summed E-state index contributed by atoms with van der Waals surface area (Å²) in [5.41, 5.74) is 6.96. The van der Waals surface area contributed by atoms with Crippen molar-refractivity contribution in [3.63, 3.8) is 0 Å². The summed E-state index contributed by atoms with van der Waals surface area (Å²) < 4.78 is 23.2. The topological polar surface area (TPSA) is 100 Å². The maximum atomic E-state index is 12.6. The third-order valence-electron chi connectivity index (χ3n) is 3.07. The minimum Gasteiger partial charge on any atom is -0.398 e. The van der Waals surface area contributed by atoms with E-state index in [1.54, 1.807) is 13.8 Å². The molecule has 8 heteroatoms. The molecule has 0 aromatic carbocycles. The molecule has 7 nitrogen and oxygen atoms in total. The lowest BCUT2D eigenvalue weighted by Crippen LogP contribution is -2.25. The van der Waals surface area contributed by atoms with E-state index in [2.05, 4.69) is 9.99 Å². The van der Waals surface area contributed by atoms with Gasteiger partial charge in [-0.15, -0.1) is 0 Å². The second-order valence-electron chi connectivity index (χ2n) is 4.53. The molecule has 0 unspecified atom stereocenters. The standard InChI is InChI=1S/C13H23N2O5P/c1-4-19-21(17,20-5-2)9-10-7-6-8-11(10)12(13(14)16)15-18-3/h4-9H2,1-3H3,(H2,14,16). The van der Waals surface area contributed by atoms with E-state index >= 15 is 0 Å². The van der Waals surface area contributed by atoms with E-state index in [1.165, 1.54) is 7.11 Å². The fraction of sp³-hybridized carbons (Fsp3) is 0.692. The molecule has 1 rings (SSSR count). The van der Waals surface area contributed by atoms with Crippen molar-refractivity contribution >= 4 is 19.2 Å². The lowest BCUT2D eigenvalue weighted by molar-refractivity contribution is -0.112. The Labute approximate surface area is 125 Å². The summed E-state index contributed by atoms with van der Waals surface area (Å²) in [5.74, 6) is -0.658. The van der Waals surface area contributed by atoms with Crippen LogP contribution in [-0.4, -0.2) is 38.1 Å². The highest BCUT2D eigenvalue weighted by molar-refractivity contribution is 7.54. The van der Waals surface area contributed by atoms with Crippen LogP contribution in [0, 0.1) is 0 Å². The van der Waals surface area contributed by atoms with Crippen LogP contribution >= 0.6 is 7.60 Å². The van der Waals surface area contributed by atoms with Crippen LogP contribution in [0.3, 0.4) is 0 Å². The summed E-state index contributed by atoms with van der Waals surface area (Å²) in [4.78, 5) is 16.2. The van der Waals surface area contributed by atoms with Crippen LogP contribution in [0.4, 0.5) is 0 Å². The highest BCUT2D eigenvalue weighted by atomic mass is 31.2. The number of rotatable bonds is 9. The van der Waals surface area contributed by atoms with Crippen molar-refractivity contribution in [2.75, 3.05) is 26.5 Å². The van der Waals surface area contributed by atoms with Crippen LogP contribution in [0.15, 0.2) is 16.3 Å². The van der Waals surface area contributed by atoms with Crippen LogP contribution in [0.1, 0.15) is 33.1 Å². The second-order valence-corrected chi connectivity index (χ2v) is 6.58. The summed E-state index contributed by atoms with van der Waals surface area (Å²) in [7, 11) is -1.85. The van der Waals surface area contributed by atoms with Gasteiger partial charge in [0, 0.05) is 0 Å². The van der Waals surface area contributed by atoms with Gasteiger partial charge in [-0.05, 0) is 38.7 Å². The highest BCUT2D eigenvalue weighted by Crippen LogP contribution is 2.51. The van der Waals surface area contributed by atoms with Gasteiger partial charge in [0.05, 0.1) is 19.4 Å². The average molecular weight is 318 g/mol. The van der Waals surface area contributed by atoms with Crippen molar-refractivity contribution in [3.05, 3.63) is 11.1 Å². The second kappa shape index (κ2) is 8.32. The van der Waals surface area contributed by atoms with E-state index in [-0.39, 0.29) is 11.9 Å². The van der Waals surface area contributed by atoms with Crippen LogP contribution in [0.2, 0.25) is 0 Å². The highest BCUT2D eigenvalue weighted by Gasteiger charge is 2.31. The normalized spacial score (nSPS) is 16.4. The molecule has 1 aliphatic carbocycles. The fourth-order valence-electron chi connectivity index (χ4n) is 2.36. The number of nitrogens with two attached hydrogens (primary N) is 1. The van der Waals surface area contributed by atoms with Crippen molar-refractivity contribution in [2.45, 2.75) is 33.1 Å². The molecule has 2 N–H and O–H groups in total. The maximum Gasteiger partial charge on any atom is 0.334 e. The van der Waals surface area contributed by atoms with Gasteiger partial charge < -0.3 is 19.6 Å². The van der Waals surface area contributed by atoms with E-state index in [9.17, 15) is 9.36 Å². The number of hydrogen-bond acceptors (Lipinski definition) is 6. The van der Waals surface area contributed by atoms with E-state index in [0.29, 0.717) is 25.2 Å². The first kappa shape index (κ1) is 17.9. The van der Waals surface area contributed by atoms with E-state index < -0.39 is 13.5 Å². The zero-order valence-corrected chi connectivity index (χ0v) is 13.7. The van der Waals surface area contributed by atoms with Crippen LogP contribution in [0.5, 0.6) is 0 Å². The number of hydrogen-bond donors (Lipinski definition) is 1. The lowest BCUT2D eigenvalue weighted by atomic mass is 10.1. The summed E-state index contributed by atoms with van der Waals surface area (Å²) in [6, 6.07) is 0. The van der Waals surface area contributed by atoms with Gasteiger partial charge >= 0.3 is 7.60 Å². The van der Waals surface area contributed by atoms with Gasteiger partial charge in [0.2, 0.25) is 0 Å². The Morgan fingerprint density at radius 3 is 2.38 bits per heavy atom. The SMILES string of the molecule is CCOP(=O)(CC1=C(C(=NOC)C(N)=O)CCC1)OCC. The minimum absolute atomic E-state index is 0.0875. The monoisotopic (exact) mass is 318 g/mol. The predicted octanol–water partition coefficient (Wildman–Crippen LogP) is 2.22. The van der Waals surface area contributed by atoms with Gasteiger partial charge in [-0.1, -0.05) is 10.7 Å². The average Bonchev–Trinajstić information content (AvgIpc) is 2.83. The Hall–Kier alpha value is -1.17. The van der Waals surface area contributed by atoms with Crippen LogP contribution in [0.25, 0.3) is 0 Å². The molecule has 0 saturated heterocycles. The van der Waals surface area contributed by atoms with Gasteiger partial charge in [0.1, 0.15) is 7.11 Å². The largest absolute Gasteiger partial charge is 0.398 e. The smallest absolute Gasteiger partial charge is 0.334 e. The number of carbonyl (C=O) groups is 1. The first-order chi connectivity index (χ1) is 9.97. The molecule has 0 spiro atoms. The predicted molar refractivity (Wildman–Crippen MR) is 80.2 cm³/mol. The molecule has 0 radical (unpaired) electrons. The van der Waals surface area contributed by atoms with Crippen molar-refractivity contribution in [1.29, 1.82) is 0 Å². The zero-order chi connectivity index (χ0) is 15.9. The molecule has 0 aromatic heterocycles. The molecule has 0 saturated carbocycles. The number of oxime groups is 1. The third kappa shape index (κ3) is 4.95. The molecular formula is C13H23N2O5P. The van der Waals surface area contributed by atoms with Gasteiger partial charge in [-0.3, -0.25) is 9.36 Å². The Bertz CT molecular complexity index is 477. The molecule has 120 valence electrons. The molecule has 0 bridgehead atoms.